The van der Waals surface area contributed by atoms with Gasteiger partial charge >= 0.3 is 0 Å². The molecule has 0 aliphatic carbocycles. The summed E-state index contributed by atoms with van der Waals surface area (Å²) in [7, 11) is 0. The fraction of sp³-hybridized carbons (Fsp3) is 0.154. The van der Waals surface area contributed by atoms with Gasteiger partial charge in [-0.2, -0.15) is 11.3 Å². The monoisotopic (exact) mass is 283 g/mol. The van der Waals surface area contributed by atoms with Crippen molar-refractivity contribution in [2.24, 2.45) is 0 Å². The van der Waals surface area contributed by atoms with Gasteiger partial charge in [0.15, 0.2) is 0 Å². The number of carbonyl (C=O) groups is 1. The van der Waals surface area contributed by atoms with Crippen LogP contribution in [0.3, 0.4) is 0 Å². The van der Waals surface area contributed by atoms with E-state index in [0.717, 1.165) is 11.1 Å². The number of anilines is 1. The molecular formula is C13H11ClFNOS. The van der Waals surface area contributed by atoms with Gasteiger partial charge in [0.2, 0.25) is 0 Å². The van der Waals surface area contributed by atoms with E-state index in [1.807, 2.05) is 12.3 Å². The van der Waals surface area contributed by atoms with E-state index in [4.69, 9.17) is 11.6 Å². The molecule has 1 N–H and O–H groups in total. The first-order valence-electron chi connectivity index (χ1n) is 5.29. The predicted molar refractivity (Wildman–Crippen MR) is 73.2 cm³/mol. The maximum atomic E-state index is 13.6. The summed E-state index contributed by atoms with van der Waals surface area (Å²) in [6, 6.07) is 2.73. The third-order valence-corrected chi connectivity index (χ3v) is 3.87. The van der Waals surface area contributed by atoms with Crippen molar-refractivity contribution in [3.63, 3.8) is 0 Å². The molecule has 18 heavy (non-hydrogen) atoms. The van der Waals surface area contributed by atoms with Crippen LogP contribution >= 0.6 is 22.9 Å². The summed E-state index contributed by atoms with van der Waals surface area (Å²) in [6.07, 6.45) is 0. The number of rotatable bonds is 2. The minimum absolute atomic E-state index is 0.146. The normalized spacial score (nSPS) is 10.4. The third kappa shape index (κ3) is 2.54. The number of nitrogens with one attached hydrogen (secondary N) is 1. The van der Waals surface area contributed by atoms with Gasteiger partial charge in [0.1, 0.15) is 5.82 Å². The van der Waals surface area contributed by atoms with E-state index in [-0.39, 0.29) is 11.6 Å². The molecule has 1 aromatic heterocycles. The molecule has 2 aromatic rings. The molecule has 0 spiro atoms. The number of carbonyl (C=O) groups excluding carboxylic acids is 1. The Morgan fingerprint density at radius 1 is 1.28 bits per heavy atom. The van der Waals surface area contributed by atoms with Gasteiger partial charge in [-0.1, -0.05) is 11.6 Å². The number of hydrogen-bond acceptors (Lipinski definition) is 2. The molecule has 0 bridgehead atoms. The zero-order chi connectivity index (χ0) is 13.3. The maximum Gasteiger partial charge on any atom is 0.256 e. The van der Waals surface area contributed by atoms with Crippen molar-refractivity contribution in [2.75, 3.05) is 5.32 Å². The first kappa shape index (κ1) is 13.1. The van der Waals surface area contributed by atoms with E-state index in [1.54, 1.807) is 12.3 Å². The number of benzene rings is 1. The van der Waals surface area contributed by atoms with Crippen LogP contribution in [0, 0.1) is 19.7 Å². The molecule has 0 fully saturated rings. The van der Waals surface area contributed by atoms with Crippen molar-refractivity contribution >= 4 is 34.5 Å². The van der Waals surface area contributed by atoms with E-state index in [9.17, 15) is 9.18 Å². The second kappa shape index (κ2) is 5.08. The first-order chi connectivity index (χ1) is 8.49. The molecule has 1 heterocycles. The molecule has 0 aliphatic heterocycles. The zero-order valence-corrected chi connectivity index (χ0v) is 11.5. The van der Waals surface area contributed by atoms with E-state index in [1.165, 1.54) is 23.5 Å². The number of halogens is 2. The first-order valence-corrected chi connectivity index (χ1v) is 6.61. The molecular weight excluding hydrogens is 273 g/mol. The lowest BCUT2D eigenvalue weighted by Crippen LogP contribution is -2.13. The summed E-state index contributed by atoms with van der Waals surface area (Å²) in [5.74, 6) is -0.846. The Hall–Kier alpha value is -1.39. The van der Waals surface area contributed by atoms with Crippen molar-refractivity contribution in [1.82, 2.24) is 0 Å². The van der Waals surface area contributed by atoms with Crippen LogP contribution in [0.2, 0.25) is 5.02 Å². The Labute approximate surface area is 113 Å². The zero-order valence-electron chi connectivity index (χ0n) is 9.88. The lowest BCUT2D eigenvalue weighted by Gasteiger charge is -2.08. The van der Waals surface area contributed by atoms with Crippen molar-refractivity contribution in [3.05, 3.63) is 50.4 Å². The fourth-order valence-electron chi connectivity index (χ4n) is 1.54. The Morgan fingerprint density at radius 2 is 2.00 bits per heavy atom. The Kier molecular flexibility index (Phi) is 3.68. The molecule has 0 unspecified atom stereocenters. The molecule has 2 rings (SSSR count). The standard InChI is InChI=1S/C13H11ClFNOS/c1-7-3-12(11(15)4-10(7)14)16-13(17)9-6-18-5-8(9)2/h3-6H,1-2H3,(H,16,17). The smallest absolute Gasteiger partial charge is 0.256 e. The molecule has 1 amide bonds. The van der Waals surface area contributed by atoms with Gasteiger partial charge < -0.3 is 5.32 Å². The van der Waals surface area contributed by atoms with Crippen LogP contribution in [0.1, 0.15) is 21.5 Å². The number of aryl methyl sites for hydroxylation is 2. The highest BCUT2D eigenvalue weighted by Crippen LogP contribution is 2.24. The summed E-state index contributed by atoms with van der Waals surface area (Å²) in [5.41, 5.74) is 2.30. The van der Waals surface area contributed by atoms with Crippen LogP contribution in [-0.4, -0.2) is 5.91 Å². The highest BCUT2D eigenvalue weighted by atomic mass is 35.5. The predicted octanol–water partition coefficient (Wildman–Crippen LogP) is 4.41. The molecule has 0 atom stereocenters. The van der Waals surface area contributed by atoms with Gasteiger partial charge in [0.25, 0.3) is 5.91 Å². The molecule has 0 aliphatic rings. The van der Waals surface area contributed by atoms with E-state index < -0.39 is 5.82 Å². The summed E-state index contributed by atoms with van der Waals surface area (Å²) in [5, 5.41) is 6.52. The largest absolute Gasteiger partial charge is 0.319 e. The van der Waals surface area contributed by atoms with Crippen LogP contribution in [0.15, 0.2) is 22.9 Å². The average Bonchev–Trinajstić information content (AvgIpc) is 2.72. The van der Waals surface area contributed by atoms with Crippen LogP contribution in [0.4, 0.5) is 10.1 Å². The molecule has 0 radical (unpaired) electrons. The van der Waals surface area contributed by atoms with Crippen LogP contribution < -0.4 is 5.32 Å². The van der Waals surface area contributed by atoms with Gasteiger partial charge in [-0.3, -0.25) is 4.79 Å². The van der Waals surface area contributed by atoms with Gasteiger partial charge in [0.05, 0.1) is 11.3 Å². The Balaban J connectivity index is 2.28. The second-order valence-corrected chi connectivity index (χ2v) is 5.15. The van der Waals surface area contributed by atoms with Crippen molar-refractivity contribution in [3.8, 4) is 0 Å². The Bertz CT molecular complexity index is 609. The fourth-order valence-corrected chi connectivity index (χ4v) is 2.51. The van der Waals surface area contributed by atoms with Crippen LogP contribution in [0.5, 0.6) is 0 Å². The van der Waals surface area contributed by atoms with Crippen molar-refractivity contribution in [1.29, 1.82) is 0 Å². The molecule has 2 nitrogen and oxygen atoms in total. The molecule has 0 saturated carbocycles. The van der Waals surface area contributed by atoms with E-state index in [0.29, 0.717) is 10.6 Å². The van der Waals surface area contributed by atoms with Gasteiger partial charge in [-0.25, -0.2) is 4.39 Å². The minimum Gasteiger partial charge on any atom is -0.319 e. The molecule has 1 aromatic carbocycles. The average molecular weight is 284 g/mol. The third-order valence-electron chi connectivity index (χ3n) is 2.60. The highest BCUT2D eigenvalue weighted by molar-refractivity contribution is 7.08. The van der Waals surface area contributed by atoms with Gasteiger partial charge in [-0.15, -0.1) is 0 Å². The van der Waals surface area contributed by atoms with Crippen LogP contribution in [-0.2, 0) is 0 Å². The van der Waals surface area contributed by atoms with E-state index >= 15 is 0 Å². The van der Waals surface area contributed by atoms with E-state index in [2.05, 4.69) is 5.32 Å². The molecule has 5 heteroatoms. The lowest BCUT2D eigenvalue weighted by molar-refractivity contribution is 0.102. The summed E-state index contributed by atoms with van der Waals surface area (Å²) in [6.45, 7) is 3.60. The maximum absolute atomic E-state index is 13.6. The Morgan fingerprint density at radius 3 is 2.61 bits per heavy atom. The quantitative estimate of drug-likeness (QED) is 0.869. The molecule has 94 valence electrons. The number of thiophene rings is 1. The summed E-state index contributed by atoms with van der Waals surface area (Å²) in [4.78, 5) is 11.9. The van der Waals surface area contributed by atoms with Crippen molar-refractivity contribution < 1.29 is 9.18 Å². The minimum atomic E-state index is -0.535. The molecule has 0 saturated heterocycles. The topological polar surface area (TPSA) is 29.1 Å². The van der Waals surface area contributed by atoms with Crippen LogP contribution in [0.25, 0.3) is 0 Å². The van der Waals surface area contributed by atoms with Gasteiger partial charge in [-0.05, 0) is 42.5 Å². The number of hydrogen-bond donors (Lipinski definition) is 1. The van der Waals surface area contributed by atoms with Crippen molar-refractivity contribution in [2.45, 2.75) is 13.8 Å². The second-order valence-electron chi connectivity index (χ2n) is 4.00. The SMILES string of the molecule is Cc1cc(NC(=O)c2cscc2C)c(F)cc1Cl. The van der Waals surface area contributed by atoms with Gasteiger partial charge in [0, 0.05) is 10.4 Å². The highest BCUT2D eigenvalue weighted by Gasteiger charge is 2.13. The number of amides is 1. The summed E-state index contributed by atoms with van der Waals surface area (Å²) >= 11 is 7.24. The summed E-state index contributed by atoms with van der Waals surface area (Å²) < 4.78 is 13.6. The lowest BCUT2D eigenvalue weighted by atomic mass is 10.2.